The van der Waals surface area contributed by atoms with E-state index in [4.69, 9.17) is 0 Å². The van der Waals surface area contributed by atoms with E-state index in [1.807, 2.05) is 13.0 Å². The van der Waals surface area contributed by atoms with Crippen molar-refractivity contribution in [2.24, 2.45) is 4.99 Å². The fourth-order valence-corrected chi connectivity index (χ4v) is 2.91. The molecule has 0 N–H and O–H groups in total. The molecule has 1 aromatic heterocycles. The minimum absolute atomic E-state index is 0.0289. The lowest BCUT2D eigenvalue weighted by Crippen LogP contribution is -2.44. The molecule has 0 unspecified atom stereocenters. The second kappa shape index (κ2) is 5.08. The first-order valence-corrected chi connectivity index (χ1v) is 8.02. The summed E-state index contributed by atoms with van der Waals surface area (Å²) in [6.45, 7) is 4.89. The first kappa shape index (κ1) is 15.5. The molecular weight excluding hydrogens is 397 g/mol. The van der Waals surface area contributed by atoms with Gasteiger partial charge in [0.15, 0.2) is 0 Å². The topological polar surface area (TPSA) is 25.2 Å². The van der Waals surface area contributed by atoms with Crippen molar-refractivity contribution in [1.29, 1.82) is 0 Å². The number of hydrogen-bond donors (Lipinski definition) is 0. The molecule has 5 heteroatoms. The molecule has 2 aromatic rings. The Bertz CT molecular complexity index is 782. The minimum atomic E-state index is -3.00. The zero-order chi connectivity index (χ0) is 16.1. The standard InChI is InChI=1S/C17H15F2IN2/c1-10-8-11(9-21-15(10)20)14-12-6-4-5-7-13(12)17(18,19)16(2,3)22-14/h4-9H,1-3H3. The monoisotopic (exact) mass is 412 g/mol. The summed E-state index contributed by atoms with van der Waals surface area (Å²) >= 11 is 2.15. The molecule has 3 rings (SSSR count). The molecule has 22 heavy (non-hydrogen) atoms. The number of halogens is 3. The Morgan fingerprint density at radius 2 is 1.82 bits per heavy atom. The fraction of sp³-hybridized carbons (Fsp3) is 0.294. The quantitative estimate of drug-likeness (QED) is 0.492. The second-order valence-corrected chi connectivity index (χ2v) is 6.99. The van der Waals surface area contributed by atoms with Crippen molar-refractivity contribution in [3.63, 3.8) is 0 Å². The van der Waals surface area contributed by atoms with Crippen molar-refractivity contribution in [3.8, 4) is 0 Å². The van der Waals surface area contributed by atoms with Gasteiger partial charge in [-0.05, 0) is 55.0 Å². The van der Waals surface area contributed by atoms with Crippen LogP contribution in [-0.4, -0.2) is 16.2 Å². The lowest BCUT2D eigenvalue weighted by Gasteiger charge is -2.37. The van der Waals surface area contributed by atoms with E-state index in [0.29, 0.717) is 11.3 Å². The van der Waals surface area contributed by atoms with Gasteiger partial charge in [-0.1, -0.05) is 24.3 Å². The number of alkyl halides is 2. The number of aromatic nitrogens is 1. The maximum absolute atomic E-state index is 14.7. The Hall–Kier alpha value is -1.37. The summed E-state index contributed by atoms with van der Waals surface area (Å²) in [6, 6.07) is 8.53. The van der Waals surface area contributed by atoms with Crippen molar-refractivity contribution < 1.29 is 8.78 Å². The van der Waals surface area contributed by atoms with Crippen LogP contribution >= 0.6 is 22.6 Å². The lowest BCUT2D eigenvalue weighted by atomic mass is 9.81. The van der Waals surface area contributed by atoms with Gasteiger partial charge in [0, 0.05) is 22.9 Å². The molecule has 2 nitrogen and oxygen atoms in total. The lowest BCUT2D eigenvalue weighted by molar-refractivity contribution is -0.0681. The predicted octanol–water partition coefficient (Wildman–Crippen LogP) is 4.72. The minimum Gasteiger partial charge on any atom is -0.271 e. The molecule has 2 heterocycles. The molecule has 0 saturated carbocycles. The normalized spacial score (nSPS) is 18.5. The van der Waals surface area contributed by atoms with E-state index in [2.05, 4.69) is 32.6 Å². The van der Waals surface area contributed by atoms with Crippen LogP contribution in [0.4, 0.5) is 8.78 Å². The van der Waals surface area contributed by atoms with E-state index in [9.17, 15) is 8.78 Å². The Morgan fingerprint density at radius 1 is 1.14 bits per heavy atom. The maximum Gasteiger partial charge on any atom is 0.297 e. The number of nitrogens with zero attached hydrogens (tertiary/aromatic N) is 2. The third-order valence-electron chi connectivity index (χ3n) is 3.97. The summed E-state index contributed by atoms with van der Waals surface area (Å²) in [5.74, 6) is -3.00. The highest BCUT2D eigenvalue weighted by molar-refractivity contribution is 14.1. The Kier molecular flexibility index (Phi) is 3.58. The van der Waals surface area contributed by atoms with E-state index in [0.717, 1.165) is 14.8 Å². The summed E-state index contributed by atoms with van der Waals surface area (Å²) in [4.78, 5) is 8.70. The third kappa shape index (κ3) is 2.26. The van der Waals surface area contributed by atoms with Crippen LogP contribution in [0.2, 0.25) is 0 Å². The first-order valence-electron chi connectivity index (χ1n) is 6.94. The van der Waals surface area contributed by atoms with Gasteiger partial charge in [-0.3, -0.25) is 4.99 Å². The van der Waals surface area contributed by atoms with Gasteiger partial charge in [0.2, 0.25) is 0 Å². The summed E-state index contributed by atoms with van der Waals surface area (Å²) in [6.07, 6.45) is 1.70. The van der Waals surface area contributed by atoms with Crippen molar-refractivity contribution in [2.75, 3.05) is 0 Å². The number of aliphatic imine (C=N–C) groups is 1. The number of benzene rings is 1. The molecule has 1 aliphatic rings. The molecular formula is C17H15F2IN2. The number of fused-ring (bicyclic) bond motifs is 1. The summed E-state index contributed by atoms with van der Waals surface area (Å²) in [7, 11) is 0. The molecule has 1 aromatic carbocycles. The van der Waals surface area contributed by atoms with Gasteiger partial charge in [0.05, 0.1) is 5.71 Å². The van der Waals surface area contributed by atoms with Crippen LogP contribution in [0.5, 0.6) is 0 Å². The van der Waals surface area contributed by atoms with Crippen LogP contribution in [0.15, 0.2) is 41.5 Å². The number of hydrogen-bond acceptors (Lipinski definition) is 2. The maximum atomic E-state index is 14.7. The van der Waals surface area contributed by atoms with Crippen LogP contribution in [0.1, 0.15) is 36.1 Å². The Labute approximate surface area is 141 Å². The van der Waals surface area contributed by atoms with Gasteiger partial charge in [-0.2, -0.15) is 8.78 Å². The van der Waals surface area contributed by atoms with Crippen LogP contribution in [-0.2, 0) is 5.92 Å². The molecule has 0 spiro atoms. The molecule has 0 fully saturated rings. The number of pyridine rings is 1. The highest BCUT2D eigenvalue weighted by atomic mass is 127. The zero-order valence-corrected chi connectivity index (χ0v) is 14.6. The number of aryl methyl sites for hydroxylation is 1. The van der Waals surface area contributed by atoms with Crippen molar-refractivity contribution in [2.45, 2.75) is 32.2 Å². The van der Waals surface area contributed by atoms with Crippen molar-refractivity contribution in [3.05, 3.63) is 62.5 Å². The molecule has 0 bridgehead atoms. The molecule has 0 atom stereocenters. The smallest absolute Gasteiger partial charge is 0.271 e. The average molecular weight is 412 g/mol. The highest BCUT2D eigenvalue weighted by Crippen LogP contribution is 2.46. The highest BCUT2D eigenvalue weighted by Gasteiger charge is 2.52. The SMILES string of the molecule is Cc1cc(C2=NC(C)(C)C(F)(F)c3ccccc32)cnc1I. The molecule has 1 aliphatic heterocycles. The molecule has 0 radical (unpaired) electrons. The van der Waals surface area contributed by atoms with Gasteiger partial charge in [0.1, 0.15) is 9.24 Å². The van der Waals surface area contributed by atoms with E-state index in [1.54, 1.807) is 24.4 Å². The Morgan fingerprint density at radius 3 is 2.50 bits per heavy atom. The third-order valence-corrected chi connectivity index (χ3v) is 5.10. The Balaban J connectivity index is 2.27. The van der Waals surface area contributed by atoms with Gasteiger partial charge < -0.3 is 0 Å². The van der Waals surface area contributed by atoms with Crippen LogP contribution in [0.25, 0.3) is 0 Å². The predicted molar refractivity (Wildman–Crippen MR) is 91.7 cm³/mol. The van der Waals surface area contributed by atoms with Crippen LogP contribution in [0.3, 0.4) is 0 Å². The second-order valence-electron chi connectivity index (χ2n) is 5.97. The van der Waals surface area contributed by atoms with E-state index >= 15 is 0 Å². The fourth-order valence-electron chi connectivity index (χ4n) is 2.61. The first-order chi connectivity index (χ1) is 10.2. The van der Waals surface area contributed by atoms with Crippen LogP contribution < -0.4 is 0 Å². The van der Waals surface area contributed by atoms with Gasteiger partial charge in [-0.25, -0.2) is 4.98 Å². The summed E-state index contributed by atoms with van der Waals surface area (Å²) in [5.41, 5.74) is 1.38. The molecule has 114 valence electrons. The average Bonchev–Trinajstić information content (AvgIpc) is 2.46. The molecule has 0 aliphatic carbocycles. The molecule has 0 saturated heterocycles. The van der Waals surface area contributed by atoms with Crippen molar-refractivity contribution in [1.82, 2.24) is 4.98 Å². The summed E-state index contributed by atoms with van der Waals surface area (Å²) in [5, 5.41) is 0. The van der Waals surface area contributed by atoms with E-state index in [-0.39, 0.29) is 5.56 Å². The van der Waals surface area contributed by atoms with E-state index in [1.165, 1.54) is 19.9 Å². The molecule has 0 amide bonds. The summed E-state index contributed by atoms with van der Waals surface area (Å²) < 4.78 is 30.3. The number of rotatable bonds is 1. The van der Waals surface area contributed by atoms with Crippen LogP contribution in [0, 0.1) is 10.6 Å². The largest absolute Gasteiger partial charge is 0.297 e. The zero-order valence-electron chi connectivity index (χ0n) is 12.5. The van der Waals surface area contributed by atoms with Crippen molar-refractivity contribution >= 4 is 28.3 Å². The van der Waals surface area contributed by atoms with E-state index < -0.39 is 11.5 Å². The van der Waals surface area contributed by atoms with Gasteiger partial charge in [-0.15, -0.1) is 0 Å². The van der Waals surface area contributed by atoms with Gasteiger partial charge in [0.25, 0.3) is 5.92 Å². The van der Waals surface area contributed by atoms with Gasteiger partial charge >= 0.3 is 0 Å².